The quantitative estimate of drug-likeness (QED) is 0.688. The lowest BCUT2D eigenvalue weighted by Gasteiger charge is -2.31. The lowest BCUT2D eigenvalue weighted by atomic mass is 9.98. The molecular formula is C18H25N5O3S. The van der Waals surface area contributed by atoms with Crippen molar-refractivity contribution in [2.75, 3.05) is 24.1 Å². The third-order valence-corrected chi connectivity index (χ3v) is 7.06. The molecule has 2 heterocycles. The first kappa shape index (κ1) is 19.4. The fourth-order valence-electron chi connectivity index (χ4n) is 3.43. The van der Waals surface area contributed by atoms with E-state index in [1.165, 1.54) is 4.31 Å². The maximum Gasteiger partial charge on any atom is 0.246 e. The molecule has 1 aliphatic heterocycles. The van der Waals surface area contributed by atoms with Crippen LogP contribution in [-0.4, -0.2) is 41.9 Å². The normalized spacial score (nSPS) is 18.4. The number of nitrogens with one attached hydrogen (secondary N) is 2. The minimum Gasteiger partial charge on any atom is -0.399 e. The first-order valence-electron chi connectivity index (χ1n) is 8.89. The van der Waals surface area contributed by atoms with Crippen LogP contribution in [0.1, 0.15) is 29.8 Å². The highest BCUT2D eigenvalue weighted by Crippen LogP contribution is 2.28. The maximum atomic E-state index is 13.0. The van der Waals surface area contributed by atoms with Gasteiger partial charge in [-0.25, -0.2) is 8.42 Å². The first-order chi connectivity index (χ1) is 12.7. The number of aryl methyl sites for hydroxylation is 3. The minimum absolute atomic E-state index is 0.152. The summed E-state index contributed by atoms with van der Waals surface area (Å²) in [6.07, 6.45) is 1.27. The second kappa shape index (κ2) is 7.32. The summed E-state index contributed by atoms with van der Waals surface area (Å²) >= 11 is 0. The van der Waals surface area contributed by atoms with E-state index in [1.54, 1.807) is 26.0 Å². The molecular weight excluding hydrogens is 366 g/mol. The number of aromatic nitrogens is 2. The molecule has 0 aliphatic carbocycles. The summed E-state index contributed by atoms with van der Waals surface area (Å²) in [6.45, 7) is 5.78. The van der Waals surface area contributed by atoms with Gasteiger partial charge < -0.3 is 11.1 Å². The zero-order valence-corrected chi connectivity index (χ0v) is 16.6. The Labute approximate surface area is 159 Å². The average Bonchev–Trinajstić information content (AvgIpc) is 2.97. The fraction of sp³-hybridized carbons (Fsp3) is 0.444. The molecule has 1 unspecified atom stereocenters. The summed E-state index contributed by atoms with van der Waals surface area (Å²) in [7, 11) is -3.69. The second-order valence-electron chi connectivity index (χ2n) is 7.03. The summed E-state index contributed by atoms with van der Waals surface area (Å²) in [5.41, 5.74) is 8.87. The molecule has 9 heteroatoms. The number of benzene rings is 1. The number of hydrogen-bond acceptors (Lipinski definition) is 5. The molecule has 27 heavy (non-hydrogen) atoms. The van der Waals surface area contributed by atoms with Gasteiger partial charge in [-0.3, -0.25) is 9.89 Å². The van der Waals surface area contributed by atoms with Crippen LogP contribution in [-0.2, 0) is 14.8 Å². The van der Waals surface area contributed by atoms with E-state index in [0.29, 0.717) is 42.1 Å². The van der Waals surface area contributed by atoms with E-state index in [2.05, 4.69) is 15.5 Å². The first-order valence-corrected chi connectivity index (χ1v) is 10.3. The van der Waals surface area contributed by atoms with E-state index in [4.69, 9.17) is 5.73 Å². The third-order valence-electron chi connectivity index (χ3n) is 4.93. The molecule has 0 radical (unpaired) electrons. The van der Waals surface area contributed by atoms with Gasteiger partial charge in [-0.05, 0) is 51.3 Å². The highest BCUT2D eigenvalue weighted by Gasteiger charge is 2.35. The number of anilines is 2. The predicted octanol–water partition coefficient (Wildman–Crippen LogP) is 1.96. The Balaban J connectivity index is 1.78. The van der Waals surface area contributed by atoms with Crippen LogP contribution in [0.2, 0.25) is 0 Å². The molecule has 8 nitrogen and oxygen atoms in total. The second-order valence-corrected chi connectivity index (χ2v) is 8.90. The van der Waals surface area contributed by atoms with Crippen molar-refractivity contribution in [1.29, 1.82) is 0 Å². The Morgan fingerprint density at radius 1 is 1.33 bits per heavy atom. The van der Waals surface area contributed by atoms with Gasteiger partial charge in [-0.2, -0.15) is 9.40 Å². The van der Waals surface area contributed by atoms with Gasteiger partial charge in [0.15, 0.2) is 0 Å². The number of carbonyl (C=O) groups is 1. The Kier molecular flexibility index (Phi) is 5.25. The number of nitrogens with zero attached hydrogens (tertiary/aromatic N) is 2. The number of sulfonamides is 1. The number of hydrogen-bond donors (Lipinski definition) is 3. The summed E-state index contributed by atoms with van der Waals surface area (Å²) in [6, 6.07) is 5.32. The van der Waals surface area contributed by atoms with Gasteiger partial charge in [0.1, 0.15) is 4.90 Å². The summed E-state index contributed by atoms with van der Waals surface area (Å²) < 4.78 is 27.5. The minimum atomic E-state index is -3.69. The maximum absolute atomic E-state index is 13.0. The fourth-order valence-corrected chi connectivity index (χ4v) is 5.29. The van der Waals surface area contributed by atoms with E-state index in [9.17, 15) is 13.2 Å². The van der Waals surface area contributed by atoms with Crippen molar-refractivity contribution in [3.63, 3.8) is 0 Å². The molecule has 1 fully saturated rings. The average molecular weight is 391 g/mol. The lowest BCUT2D eigenvalue weighted by molar-refractivity contribution is -0.120. The summed E-state index contributed by atoms with van der Waals surface area (Å²) in [5, 5.41) is 9.59. The van der Waals surface area contributed by atoms with Crippen LogP contribution in [0, 0.1) is 26.7 Å². The predicted molar refractivity (Wildman–Crippen MR) is 104 cm³/mol. The number of piperidine rings is 1. The van der Waals surface area contributed by atoms with Crippen molar-refractivity contribution < 1.29 is 13.2 Å². The molecule has 4 N–H and O–H groups in total. The van der Waals surface area contributed by atoms with Crippen molar-refractivity contribution in [3.05, 3.63) is 35.2 Å². The molecule has 1 aliphatic rings. The lowest BCUT2D eigenvalue weighted by Crippen LogP contribution is -2.44. The van der Waals surface area contributed by atoms with Gasteiger partial charge in [0.05, 0.1) is 17.3 Å². The van der Waals surface area contributed by atoms with Crippen LogP contribution in [0.15, 0.2) is 23.1 Å². The van der Waals surface area contributed by atoms with Crippen LogP contribution in [0.4, 0.5) is 11.4 Å². The van der Waals surface area contributed by atoms with Crippen LogP contribution in [0.5, 0.6) is 0 Å². The molecule has 2 aromatic rings. The van der Waals surface area contributed by atoms with Gasteiger partial charge in [0.2, 0.25) is 15.9 Å². The number of nitrogens with two attached hydrogens (primary N) is 1. The van der Waals surface area contributed by atoms with Gasteiger partial charge in [0.25, 0.3) is 0 Å². The molecule has 1 aromatic heterocycles. The highest BCUT2D eigenvalue weighted by atomic mass is 32.2. The number of amides is 1. The SMILES string of the molecule is Cc1ccc(N)cc1NC(=O)C1CCCN(S(=O)(=O)c2c(C)n[nH]c2C)C1. The van der Waals surface area contributed by atoms with E-state index in [-0.39, 0.29) is 17.3 Å². The van der Waals surface area contributed by atoms with Crippen LogP contribution in [0.3, 0.4) is 0 Å². The number of nitrogen functional groups attached to an aromatic ring is 1. The Morgan fingerprint density at radius 2 is 2.07 bits per heavy atom. The molecule has 1 aromatic carbocycles. The van der Waals surface area contributed by atoms with Crippen molar-refractivity contribution in [2.45, 2.75) is 38.5 Å². The Morgan fingerprint density at radius 3 is 2.74 bits per heavy atom. The largest absolute Gasteiger partial charge is 0.399 e. The Bertz CT molecular complexity index is 948. The van der Waals surface area contributed by atoms with Crippen molar-refractivity contribution >= 4 is 27.3 Å². The summed E-state index contributed by atoms with van der Waals surface area (Å²) in [4.78, 5) is 12.9. The summed E-state index contributed by atoms with van der Waals surface area (Å²) in [5.74, 6) is -0.605. The topological polar surface area (TPSA) is 121 Å². The van der Waals surface area contributed by atoms with Gasteiger partial charge in [-0.15, -0.1) is 0 Å². The van der Waals surface area contributed by atoms with Gasteiger partial charge >= 0.3 is 0 Å². The zero-order chi connectivity index (χ0) is 19.8. The van der Waals surface area contributed by atoms with Gasteiger partial charge in [0, 0.05) is 24.5 Å². The highest BCUT2D eigenvalue weighted by molar-refractivity contribution is 7.89. The zero-order valence-electron chi connectivity index (χ0n) is 15.7. The van der Waals surface area contributed by atoms with E-state index in [1.807, 2.05) is 13.0 Å². The standard InChI is InChI=1S/C18H25N5O3S/c1-11-6-7-15(19)9-16(11)20-18(24)14-5-4-8-23(10-14)27(25,26)17-12(2)21-22-13(17)3/h6-7,9,14H,4-5,8,10,19H2,1-3H3,(H,20,24)(H,21,22). The van der Waals surface area contributed by atoms with E-state index in [0.717, 1.165) is 5.56 Å². The molecule has 0 saturated carbocycles. The van der Waals surface area contributed by atoms with Crippen LogP contribution >= 0.6 is 0 Å². The number of H-pyrrole nitrogens is 1. The van der Waals surface area contributed by atoms with Crippen molar-refractivity contribution in [2.24, 2.45) is 5.92 Å². The van der Waals surface area contributed by atoms with Crippen molar-refractivity contribution in [3.8, 4) is 0 Å². The molecule has 146 valence electrons. The smallest absolute Gasteiger partial charge is 0.246 e. The molecule has 1 amide bonds. The number of rotatable bonds is 4. The van der Waals surface area contributed by atoms with E-state index >= 15 is 0 Å². The van der Waals surface area contributed by atoms with Crippen molar-refractivity contribution in [1.82, 2.24) is 14.5 Å². The van der Waals surface area contributed by atoms with Crippen LogP contribution < -0.4 is 11.1 Å². The van der Waals surface area contributed by atoms with Gasteiger partial charge in [-0.1, -0.05) is 6.07 Å². The monoisotopic (exact) mass is 391 g/mol. The molecule has 1 saturated heterocycles. The van der Waals surface area contributed by atoms with E-state index < -0.39 is 15.9 Å². The Hall–Kier alpha value is -2.39. The molecule has 0 spiro atoms. The third kappa shape index (κ3) is 3.84. The molecule has 3 rings (SSSR count). The van der Waals surface area contributed by atoms with Crippen LogP contribution in [0.25, 0.3) is 0 Å². The molecule has 1 atom stereocenters. The number of carbonyl (C=O) groups excluding carboxylic acids is 1. The number of aromatic amines is 1. The molecule has 0 bridgehead atoms.